The molecule has 1 amide bonds. The maximum Gasteiger partial charge on any atom is 0.340 e. The van der Waals surface area contributed by atoms with E-state index in [1.165, 1.54) is 0 Å². The average Bonchev–Trinajstić information content (AvgIpc) is 3.13. The van der Waals surface area contributed by atoms with E-state index in [4.69, 9.17) is 27.9 Å². The first-order chi connectivity index (χ1) is 11.1. The standard InChI is InChI=1S/C14H11Cl2N3O3S/c15-8-3-4-9(11(6-8)19-5-1-2-12(19)20)14(21)22-7-10-13(16)23-18-17-10/h3-4,6H,1-2,5,7H2. The summed E-state index contributed by atoms with van der Waals surface area (Å²) in [4.78, 5) is 25.9. The van der Waals surface area contributed by atoms with E-state index >= 15 is 0 Å². The van der Waals surface area contributed by atoms with Gasteiger partial charge in [-0.25, -0.2) is 4.79 Å². The summed E-state index contributed by atoms with van der Waals surface area (Å²) in [5.41, 5.74) is 1.15. The monoisotopic (exact) mass is 371 g/mol. The molecule has 9 heteroatoms. The van der Waals surface area contributed by atoms with Gasteiger partial charge in [0.2, 0.25) is 5.91 Å². The van der Waals surface area contributed by atoms with Crippen molar-refractivity contribution < 1.29 is 14.3 Å². The van der Waals surface area contributed by atoms with Crippen LogP contribution in [0.2, 0.25) is 9.36 Å². The minimum Gasteiger partial charge on any atom is -0.455 e. The van der Waals surface area contributed by atoms with E-state index < -0.39 is 5.97 Å². The van der Waals surface area contributed by atoms with Crippen molar-refractivity contribution in [2.75, 3.05) is 11.4 Å². The molecule has 6 nitrogen and oxygen atoms in total. The summed E-state index contributed by atoms with van der Waals surface area (Å²) in [5.74, 6) is -0.603. The molecule has 0 radical (unpaired) electrons. The van der Waals surface area contributed by atoms with Crippen LogP contribution >= 0.6 is 34.7 Å². The van der Waals surface area contributed by atoms with Gasteiger partial charge in [0.05, 0.1) is 11.3 Å². The van der Waals surface area contributed by atoms with Gasteiger partial charge in [-0.05, 0) is 24.6 Å². The highest BCUT2D eigenvalue weighted by atomic mass is 35.5. The number of benzene rings is 1. The number of nitrogens with zero attached hydrogens (tertiary/aromatic N) is 3. The van der Waals surface area contributed by atoms with Crippen LogP contribution in [0.15, 0.2) is 18.2 Å². The number of hydrogen-bond acceptors (Lipinski definition) is 6. The molecule has 1 aliphatic heterocycles. The first-order valence-electron chi connectivity index (χ1n) is 6.80. The molecule has 2 heterocycles. The van der Waals surface area contributed by atoms with Gasteiger partial charge in [-0.15, -0.1) is 5.10 Å². The van der Waals surface area contributed by atoms with Crippen molar-refractivity contribution in [3.63, 3.8) is 0 Å². The number of hydrogen-bond donors (Lipinski definition) is 0. The molecule has 3 rings (SSSR count). The summed E-state index contributed by atoms with van der Waals surface area (Å²) in [6.07, 6.45) is 1.21. The molecule has 0 unspecified atom stereocenters. The predicted molar refractivity (Wildman–Crippen MR) is 87.1 cm³/mol. The zero-order chi connectivity index (χ0) is 16.4. The quantitative estimate of drug-likeness (QED) is 0.770. The van der Waals surface area contributed by atoms with Gasteiger partial charge in [-0.3, -0.25) is 4.79 Å². The van der Waals surface area contributed by atoms with Gasteiger partial charge in [0.25, 0.3) is 0 Å². The predicted octanol–water partition coefficient (Wildman–Crippen LogP) is 3.33. The van der Waals surface area contributed by atoms with Crippen molar-refractivity contribution in [2.45, 2.75) is 19.4 Å². The van der Waals surface area contributed by atoms with E-state index in [1.54, 1.807) is 23.1 Å². The number of carbonyl (C=O) groups is 2. The van der Waals surface area contributed by atoms with E-state index in [1.807, 2.05) is 0 Å². The van der Waals surface area contributed by atoms with E-state index in [-0.39, 0.29) is 18.1 Å². The fraction of sp³-hybridized carbons (Fsp3) is 0.286. The van der Waals surface area contributed by atoms with Crippen molar-refractivity contribution in [3.05, 3.63) is 38.8 Å². The second kappa shape index (κ2) is 6.82. The van der Waals surface area contributed by atoms with E-state index in [0.717, 1.165) is 18.0 Å². The van der Waals surface area contributed by atoms with Gasteiger partial charge in [0.15, 0.2) is 0 Å². The molecule has 0 spiro atoms. The molecule has 0 saturated carbocycles. The molecule has 0 atom stereocenters. The van der Waals surface area contributed by atoms with Crippen molar-refractivity contribution >= 4 is 52.3 Å². The highest BCUT2D eigenvalue weighted by molar-refractivity contribution is 7.10. The van der Waals surface area contributed by atoms with Crippen molar-refractivity contribution in [3.8, 4) is 0 Å². The van der Waals surface area contributed by atoms with Crippen LogP contribution in [0.3, 0.4) is 0 Å². The number of carbonyl (C=O) groups excluding carboxylic acids is 2. The Hall–Kier alpha value is -1.70. The average molecular weight is 372 g/mol. The van der Waals surface area contributed by atoms with Gasteiger partial charge < -0.3 is 9.64 Å². The summed E-state index contributed by atoms with van der Waals surface area (Å²) < 4.78 is 9.28. The second-order valence-corrected chi connectivity index (χ2v) is 6.67. The Morgan fingerprint density at radius 1 is 1.39 bits per heavy atom. The number of esters is 1. The highest BCUT2D eigenvalue weighted by Gasteiger charge is 2.27. The highest BCUT2D eigenvalue weighted by Crippen LogP contribution is 2.29. The Balaban J connectivity index is 1.82. The van der Waals surface area contributed by atoms with Crippen LogP contribution in [0.4, 0.5) is 5.69 Å². The molecule has 1 saturated heterocycles. The fourth-order valence-electron chi connectivity index (χ4n) is 2.30. The molecule has 120 valence electrons. The van der Waals surface area contributed by atoms with Gasteiger partial charge in [-0.1, -0.05) is 27.7 Å². The lowest BCUT2D eigenvalue weighted by Crippen LogP contribution is -2.26. The second-order valence-electron chi connectivity index (χ2n) is 4.88. The summed E-state index contributed by atoms with van der Waals surface area (Å²) in [5, 5.41) is 4.23. The van der Waals surface area contributed by atoms with E-state index in [0.29, 0.717) is 33.7 Å². The third-order valence-electron chi connectivity index (χ3n) is 3.39. The van der Waals surface area contributed by atoms with Crippen molar-refractivity contribution in [1.29, 1.82) is 0 Å². The third-order valence-corrected chi connectivity index (χ3v) is 4.61. The van der Waals surface area contributed by atoms with Crippen LogP contribution < -0.4 is 4.90 Å². The van der Waals surface area contributed by atoms with E-state index in [2.05, 4.69) is 9.59 Å². The lowest BCUT2D eigenvalue weighted by Gasteiger charge is -2.19. The molecule has 1 aromatic carbocycles. The van der Waals surface area contributed by atoms with Gasteiger partial charge >= 0.3 is 5.97 Å². The van der Waals surface area contributed by atoms with Crippen LogP contribution in [-0.4, -0.2) is 28.0 Å². The first-order valence-corrected chi connectivity index (χ1v) is 8.33. The summed E-state index contributed by atoms with van der Waals surface area (Å²) >= 11 is 12.9. The number of anilines is 1. The topological polar surface area (TPSA) is 72.4 Å². The Bertz CT molecular complexity index is 765. The molecular formula is C14H11Cl2N3O3S. The Morgan fingerprint density at radius 3 is 2.87 bits per heavy atom. The molecular weight excluding hydrogens is 361 g/mol. The molecule has 1 aromatic heterocycles. The fourth-order valence-corrected chi connectivity index (χ4v) is 3.07. The van der Waals surface area contributed by atoms with Gasteiger partial charge in [0.1, 0.15) is 16.6 Å². The van der Waals surface area contributed by atoms with Crippen LogP contribution in [0.25, 0.3) is 0 Å². The SMILES string of the molecule is O=C(OCc1nnsc1Cl)c1ccc(Cl)cc1N1CCCC1=O. The minimum absolute atomic E-state index is 0.0342. The molecule has 1 fully saturated rings. The Kier molecular flexibility index (Phi) is 4.79. The maximum absolute atomic E-state index is 12.4. The zero-order valence-electron chi connectivity index (χ0n) is 11.8. The molecule has 1 aliphatic rings. The third kappa shape index (κ3) is 3.46. The molecule has 0 aliphatic carbocycles. The molecule has 0 N–H and O–H groups in total. The van der Waals surface area contributed by atoms with Crippen LogP contribution in [0, 0.1) is 0 Å². The Morgan fingerprint density at radius 2 is 2.22 bits per heavy atom. The van der Waals surface area contributed by atoms with E-state index in [9.17, 15) is 9.59 Å². The number of halogens is 2. The van der Waals surface area contributed by atoms with Crippen LogP contribution in [0.5, 0.6) is 0 Å². The summed E-state index contributed by atoms with van der Waals surface area (Å²) in [7, 11) is 0. The Labute approximate surface area is 146 Å². The van der Waals surface area contributed by atoms with Crippen molar-refractivity contribution in [1.82, 2.24) is 9.59 Å². The molecule has 0 bridgehead atoms. The normalized spacial score (nSPS) is 14.3. The van der Waals surface area contributed by atoms with Crippen molar-refractivity contribution in [2.24, 2.45) is 0 Å². The van der Waals surface area contributed by atoms with Crippen LogP contribution in [0.1, 0.15) is 28.9 Å². The first kappa shape index (κ1) is 16.2. The molecule has 23 heavy (non-hydrogen) atoms. The number of amides is 1. The van der Waals surface area contributed by atoms with Gasteiger partial charge in [-0.2, -0.15) is 0 Å². The van der Waals surface area contributed by atoms with Crippen LogP contribution in [-0.2, 0) is 16.1 Å². The lowest BCUT2D eigenvalue weighted by molar-refractivity contribution is -0.117. The number of aromatic nitrogens is 2. The molecule has 2 aromatic rings. The van der Waals surface area contributed by atoms with Gasteiger partial charge in [0, 0.05) is 29.5 Å². The lowest BCUT2D eigenvalue weighted by atomic mass is 10.1. The smallest absolute Gasteiger partial charge is 0.340 e. The number of rotatable bonds is 4. The summed E-state index contributed by atoms with van der Waals surface area (Å²) in [6.45, 7) is 0.478. The summed E-state index contributed by atoms with van der Waals surface area (Å²) in [6, 6.07) is 4.73. The maximum atomic E-state index is 12.4. The minimum atomic E-state index is -0.569. The largest absolute Gasteiger partial charge is 0.455 e. The zero-order valence-corrected chi connectivity index (χ0v) is 14.1. The number of ether oxygens (including phenoxy) is 1.